The van der Waals surface area contributed by atoms with Crippen LogP contribution in [0.4, 0.5) is 0 Å². The molecule has 0 heterocycles. The molecule has 0 unspecified atom stereocenters. The van der Waals surface area contributed by atoms with Gasteiger partial charge in [-0.05, 0) is 150 Å². The monoisotopic (exact) mass is 1500 g/mol. The Kier molecular flexibility index (Phi) is 53.0. The van der Waals surface area contributed by atoms with Crippen LogP contribution in [-0.2, 0) is 0 Å². The van der Waals surface area contributed by atoms with Crippen molar-refractivity contribution in [1.29, 1.82) is 0 Å². The van der Waals surface area contributed by atoms with Gasteiger partial charge in [0.1, 0.15) is 0 Å². The molecule has 0 atom stereocenters. The second-order valence-electron chi connectivity index (χ2n) is 23.3. The van der Waals surface area contributed by atoms with E-state index in [0.29, 0.717) is 161 Å². The smallest absolute Gasteiger partial charge is 0.251 e. The van der Waals surface area contributed by atoms with Gasteiger partial charge >= 0.3 is 0 Å². The van der Waals surface area contributed by atoms with Gasteiger partial charge in [0.05, 0.1) is 19.8 Å². The second kappa shape index (κ2) is 59.8. The van der Waals surface area contributed by atoms with E-state index in [4.69, 9.17) is 65.7 Å². The molecule has 108 heavy (non-hydrogen) atoms. The van der Waals surface area contributed by atoms with Crippen molar-refractivity contribution in [3.63, 3.8) is 0 Å². The number of aliphatic hydroxyl groups excluding tert-OH is 5. The number of amides is 6. The fourth-order valence-electron chi connectivity index (χ4n) is 9.08. The highest BCUT2D eigenvalue weighted by Gasteiger charge is 2.19. The van der Waals surface area contributed by atoms with E-state index in [-0.39, 0.29) is 165 Å². The molecule has 6 aromatic rings. The average Bonchev–Trinajstić information content (AvgIpc) is 0.833. The molecule has 0 saturated carbocycles. The summed E-state index contributed by atoms with van der Waals surface area (Å²) < 4.78 is 0. The predicted molar refractivity (Wildman–Crippen MR) is 413 cm³/mol. The van der Waals surface area contributed by atoms with Crippen LogP contribution in [0, 0.1) is 0 Å². The van der Waals surface area contributed by atoms with E-state index < -0.39 is 5.91 Å². The summed E-state index contributed by atoms with van der Waals surface area (Å²) in [6.07, 6.45) is 4.62. The number of hydrogen-bond donors (Lipinski definition) is 18. The van der Waals surface area contributed by atoms with Gasteiger partial charge in [0.2, 0.25) is 0 Å². The molecule has 0 saturated heterocycles. The van der Waals surface area contributed by atoms with Crippen LogP contribution in [0.3, 0.4) is 0 Å². The van der Waals surface area contributed by atoms with Crippen molar-refractivity contribution < 1.29 is 83.1 Å². The lowest BCUT2D eigenvalue weighted by Crippen LogP contribution is -2.29. The summed E-state index contributed by atoms with van der Waals surface area (Å²) in [7, 11) is 0. The molecule has 0 fully saturated rings. The SMILES string of the molecule is NCCCC(=O)c1cc(C(=O)CCCN)cc(C(=O)NCCN)c1.NCCCC(=O)c1cc(C(=O)CCCO)cc(C(=O)NCCO)c1.NCCCC(=O)c1cccc(C(=O)NCCN)c1.NCCNC(=O)c1ccccc1.O=C(CCCO)c1cccc(C(=O)NCCO)c1.O=C(NCCO)c1ccccc1. The first-order valence-corrected chi connectivity index (χ1v) is 35.6. The molecule has 30 heteroatoms. The lowest BCUT2D eigenvalue weighted by Gasteiger charge is -2.09. The minimum Gasteiger partial charge on any atom is -0.396 e. The molecule has 0 radical (unpaired) electrons. The maximum absolute atomic E-state index is 12.2. The summed E-state index contributed by atoms with van der Waals surface area (Å²) in [6, 6.07) is 40.0. The molecular weight excluding hydrogens is 1390 g/mol. The van der Waals surface area contributed by atoms with Crippen molar-refractivity contribution in [2.24, 2.45) is 40.1 Å². The first-order valence-electron chi connectivity index (χ1n) is 35.6. The number of nitrogens with one attached hydrogen (secondary N) is 6. The van der Waals surface area contributed by atoms with E-state index >= 15 is 0 Å². The van der Waals surface area contributed by atoms with Crippen LogP contribution in [0.1, 0.15) is 201 Å². The third-order valence-corrected chi connectivity index (χ3v) is 14.7. The number of Topliss-reactive ketones (excluding diaryl/α,β-unsaturated/α-hetero) is 6. The summed E-state index contributed by atoms with van der Waals surface area (Å²) in [4.78, 5) is 142. The van der Waals surface area contributed by atoms with Gasteiger partial charge < -0.3 is 97.6 Å². The van der Waals surface area contributed by atoms with Gasteiger partial charge in [-0.3, -0.25) is 57.5 Å². The molecular formula is C78H109N13O17. The molecule has 6 amide bonds. The normalized spacial score (nSPS) is 10.1. The minimum atomic E-state index is -0.464. The molecule has 0 aliphatic heterocycles. The molecule has 0 aliphatic carbocycles. The Labute approximate surface area is 630 Å². The predicted octanol–water partition coefficient (Wildman–Crippen LogP) is 1.95. The quantitative estimate of drug-likeness (QED) is 0.0244. The van der Waals surface area contributed by atoms with E-state index in [1.54, 1.807) is 78.9 Å². The van der Waals surface area contributed by atoms with Crippen LogP contribution in [0.25, 0.3) is 0 Å². The number of rotatable bonds is 42. The molecule has 25 N–H and O–H groups in total. The maximum Gasteiger partial charge on any atom is 0.251 e. The van der Waals surface area contributed by atoms with Crippen LogP contribution in [-0.4, -0.2) is 214 Å². The molecule has 6 rings (SSSR count). The summed E-state index contributed by atoms with van der Waals surface area (Å²) >= 11 is 0. The van der Waals surface area contributed by atoms with Crippen LogP contribution in [0.5, 0.6) is 0 Å². The molecule has 0 bridgehead atoms. The van der Waals surface area contributed by atoms with Gasteiger partial charge in [-0.15, -0.1) is 0 Å². The van der Waals surface area contributed by atoms with Crippen molar-refractivity contribution in [1.82, 2.24) is 31.9 Å². The van der Waals surface area contributed by atoms with E-state index in [9.17, 15) is 57.5 Å². The highest BCUT2D eigenvalue weighted by molar-refractivity contribution is 6.07. The third kappa shape index (κ3) is 40.4. The third-order valence-electron chi connectivity index (χ3n) is 14.7. The first kappa shape index (κ1) is 95.7. The molecule has 0 aliphatic rings. The number of ketones is 6. The fourth-order valence-corrected chi connectivity index (χ4v) is 9.08. The summed E-state index contributed by atoms with van der Waals surface area (Å²) in [5.41, 5.74) is 42.4. The number of carbonyl (C=O) groups is 12. The van der Waals surface area contributed by atoms with E-state index in [1.165, 1.54) is 42.5 Å². The Morgan fingerprint density at radius 3 is 0.667 bits per heavy atom. The number of nitrogens with two attached hydrogens (primary N) is 7. The van der Waals surface area contributed by atoms with Crippen molar-refractivity contribution in [3.8, 4) is 0 Å². The number of benzene rings is 6. The molecule has 588 valence electrons. The van der Waals surface area contributed by atoms with E-state index in [0.717, 1.165) is 0 Å². The number of carbonyl (C=O) groups excluding carboxylic acids is 12. The van der Waals surface area contributed by atoms with Gasteiger partial charge in [-0.2, -0.15) is 0 Å². The Bertz CT molecular complexity index is 3220. The fraction of sp³-hybridized carbons (Fsp3) is 0.385. The standard InChI is InChI=1S/C17H26N4O3.C17H24N2O5.C13H19N3O2.C13H17NO4.C9H12N2O.C9H11NO2/c18-5-1-3-15(22)12-9-13(16(23)4-2-6-19)11-14(10-12)17(24)21-8-7-20;18-5-1-3-15(22)12-9-13(16(23)4-2-7-20)11-14(10-12)17(24)19-6-8-21;14-6-2-5-12(17)10-3-1-4-11(9-10)13(18)16-8-7-15;15-7-2-5-12(17)10-3-1-4-11(9-10)13(18)14-6-8-16;10-6-7-11-9(12)8-4-2-1-3-5-8;11-7-6-10-9(12)8-4-2-1-3-5-8/h9-11H,1-8,18-20H2,(H,21,24);9-11,20-21H,1-8,18H2,(H,19,24);1,3-4,9H,2,5-8,14-15H2,(H,16,18);1,3-4,9,15-16H,2,5-8H2,(H,14,18);1-5H,6-7,10H2,(H,11,12);1-5,11H,6-7H2,(H,10,12). The summed E-state index contributed by atoms with van der Waals surface area (Å²) in [5.74, 6) is -2.36. The maximum atomic E-state index is 12.2. The van der Waals surface area contributed by atoms with Crippen LogP contribution in [0.15, 0.2) is 146 Å². The zero-order valence-electron chi connectivity index (χ0n) is 61.2. The Morgan fingerprint density at radius 1 is 0.213 bits per heavy atom. The summed E-state index contributed by atoms with van der Waals surface area (Å²) in [6.45, 7) is 4.19. The molecule has 0 aromatic heterocycles. The van der Waals surface area contributed by atoms with Gasteiger partial charge in [0.25, 0.3) is 35.4 Å². The molecule has 0 spiro atoms. The van der Waals surface area contributed by atoms with Crippen LogP contribution >= 0.6 is 0 Å². The van der Waals surface area contributed by atoms with Crippen molar-refractivity contribution in [3.05, 3.63) is 212 Å². The Hall–Kier alpha value is -10.3. The van der Waals surface area contributed by atoms with Gasteiger partial charge in [0, 0.05) is 177 Å². The Balaban J connectivity index is 0.000000660. The van der Waals surface area contributed by atoms with Crippen molar-refractivity contribution >= 4 is 70.1 Å². The van der Waals surface area contributed by atoms with Crippen molar-refractivity contribution in [2.75, 3.05) is 118 Å². The van der Waals surface area contributed by atoms with Gasteiger partial charge in [-0.25, -0.2) is 0 Å². The highest BCUT2D eigenvalue weighted by atomic mass is 16.3. The highest BCUT2D eigenvalue weighted by Crippen LogP contribution is 2.19. The summed E-state index contributed by atoms with van der Waals surface area (Å²) in [5, 5.41) is 58.9. The van der Waals surface area contributed by atoms with Gasteiger partial charge in [-0.1, -0.05) is 60.7 Å². The van der Waals surface area contributed by atoms with E-state index in [1.807, 2.05) is 24.3 Å². The minimum absolute atomic E-state index is 0.00826. The number of aliphatic hydroxyl groups is 5. The number of hydrogen-bond acceptors (Lipinski definition) is 24. The van der Waals surface area contributed by atoms with Crippen LogP contribution in [0.2, 0.25) is 0 Å². The van der Waals surface area contributed by atoms with E-state index in [2.05, 4.69) is 31.9 Å². The van der Waals surface area contributed by atoms with Crippen molar-refractivity contribution in [2.45, 2.75) is 77.0 Å². The Morgan fingerprint density at radius 2 is 0.417 bits per heavy atom. The lowest BCUT2D eigenvalue weighted by atomic mass is 9.96. The zero-order chi connectivity index (χ0) is 80.3. The van der Waals surface area contributed by atoms with Gasteiger partial charge in [0.15, 0.2) is 34.7 Å². The second-order valence-corrected chi connectivity index (χ2v) is 23.3. The molecule has 30 nitrogen and oxygen atoms in total. The van der Waals surface area contributed by atoms with Crippen LogP contribution < -0.4 is 72.0 Å². The zero-order valence-corrected chi connectivity index (χ0v) is 61.2. The average molecular weight is 1500 g/mol. The molecule has 6 aromatic carbocycles. The first-order chi connectivity index (χ1) is 52.1. The lowest BCUT2D eigenvalue weighted by molar-refractivity contribution is 0.0934. The largest absolute Gasteiger partial charge is 0.396 e. The topological polar surface area (TPSA) is 560 Å².